The first-order valence-corrected chi connectivity index (χ1v) is 8.68. The molecule has 1 aromatic heterocycles. The van der Waals surface area contributed by atoms with Gasteiger partial charge in [0.15, 0.2) is 0 Å². The summed E-state index contributed by atoms with van der Waals surface area (Å²) in [7, 11) is 0. The molecule has 0 atom stereocenters. The highest BCUT2D eigenvalue weighted by atomic mass is 35.5. The maximum atomic E-state index is 12.5. The van der Waals surface area contributed by atoms with E-state index in [1.54, 1.807) is 24.4 Å². The van der Waals surface area contributed by atoms with Crippen molar-refractivity contribution in [2.45, 2.75) is 20.8 Å². The number of rotatable bonds is 2. The van der Waals surface area contributed by atoms with Crippen molar-refractivity contribution in [2.75, 3.05) is 5.32 Å². The van der Waals surface area contributed by atoms with Gasteiger partial charge in [-0.25, -0.2) is 0 Å². The van der Waals surface area contributed by atoms with E-state index in [1.807, 2.05) is 51.1 Å². The lowest BCUT2D eigenvalue weighted by atomic mass is 9.97. The Labute approximate surface area is 158 Å². The van der Waals surface area contributed by atoms with Gasteiger partial charge in [-0.3, -0.25) is 9.78 Å². The van der Waals surface area contributed by atoms with Crippen molar-refractivity contribution in [1.29, 1.82) is 0 Å². The van der Waals surface area contributed by atoms with Crippen molar-refractivity contribution in [3.05, 3.63) is 70.9 Å². The predicted molar refractivity (Wildman–Crippen MR) is 107 cm³/mol. The number of fused-ring (bicyclic) bond motifs is 1. The Balaban J connectivity index is 1.81. The van der Waals surface area contributed by atoms with E-state index in [0.29, 0.717) is 16.3 Å². The fourth-order valence-corrected chi connectivity index (χ4v) is 2.64. The number of anilines is 1. The molecule has 1 amide bonds. The molecular weight excluding hydrogens is 344 g/mol. The lowest BCUT2D eigenvalue weighted by molar-refractivity contribution is 0.102. The molecule has 3 nitrogen and oxygen atoms in total. The SMILES string of the molecule is CC(C)(C)C#Cc1ccc(C(=O)Nc2cnc3ccccc3c2)c(Cl)c1. The Hall–Kier alpha value is -2.83. The summed E-state index contributed by atoms with van der Waals surface area (Å²) in [5.74, 6) is 5.96. The van der Waals surface area contributed by atoms with Crippen LogP contribution in [0, 0.1) is 17.3 Å². The highest BCUT2D eigenvalue weighted by molar-refractivity contribution is 6.34. The minimum atomic E-state index is -0.276. The summed E-state index contributed by atoms with van der Waals surface area (Å²) in [6.45, 7) is 6.13. The van der Waals surface area contributed by atoms with E-state index in [-0.39, 0.29) is 11.3 Å². The van der Waals surface area contributed by atoms with Crippen molar-refractivity contribution in [3.63, 3.8) is 0 Å². The van der Waals surface area contributed by atoms with Crippen LogP contribution >= 0.6 is 11.6 Å². The molecular formula is C22H19ClN2O. The second kappa shape index (κ2) is 7.19. The van der Waals surface area contributed by atoms with E-state index in [1.165, 1.54) is 0 Å². The van der Waals surface area contributed by atoms with Crippen molar-refractivity contribution in [3.8, 4) is 11.8 Å². The fourth-order valence-electron chi connectivity index (χ4n) is 2.37. The predicted octanol–water partition coefficient (Wildman–Crippen LogP) is 5.54. The fraction of sp³-hybridized carbons (Fsp3) is 0.182. The van der Waals surface area contributed by atoms with Crippen LogP contribution in [0.3, 0.4) is 0 Å². The molecule has 0 saturated heterocycles. The Morgan fingerprint density at radius 3 is 2.62 bits per heavy atom. The first-order chi connectivity index (χ1) is 12.3. The third kappa shape index (κ3) is 4.41. The number of nitrogens with zero attached hydrogens (tertiary/aromatic N) is 1. The molecule has 0 aliphatic rings. The van der Waals surface area contributed by atoms with E-state index in [4.69, 9.17) is 11.6 Å². The summed E-state index contributed by atoms with van der Waals surface area (Å²) in [4.78, 5) is 16.9. The van der Waals surface area contributed by atoms with Gasteiger partial charge in [-0.2, -0.15) is 0 Å². The summed E-state index contributed by atoms with van der Waals surface area (Å²) in [6, 6.07) is 14.8. The highest BCUT2D eigenvalue weighted by Crippen LogP contribution is 2.21. The van der Waals surface area contributed by atoms with Gasteiger partial charge in [-0.1, -0.05) is 41.6 Å². The lowest BCUT2D eigenvalue weighted by Crippen LogP contribution is -2.12. The largest absolute Gasteiger partial charge is 0.321 e. The minimum Gasteiger partial charge on any atom is -0.321 e. The summed E-state index contributed by atoms with van der Waals surface area (Å²) in [5.41, 5.74) is 2.60. The Morgan fingerprint density at radius 1 is 1.12 bits per heavy atom. The quantitative estimate of drug-likeness (QED) is 0.608. The normalized spacial score (nSPS) is 10.9. The average Bonchev–Trinajstić information content (AvgIpc) is 2.59. The van der Waals surface area contributed by atoms with Crippen LogP contribution in [0.5, 0.6) is 0 Å². The first-order valence-electron chi connectivity index (χ1n) is 8.31. The van der Waals surface area contributed by atoms with Crippen LogP contribution in [0.1, 0.15) is 36.7 Å². The lowest BCUT2D eigenvalue weighted by Gasteiger charge is -2.09. The van der Waals surface area contributed by atoms with E-state index in [0.717, 1.165) is 16.5 Å². The van der Waals surface area contributed by atoms with Crippen molar-refractivity contribution in [2.24, 2.45) is 5.41 Å². The molecule has 0 aliphatic heterocycles. The van der Waals surface area contributed by atoms with Gasteiger partial charge in [0.1, 0.15) is 0 Å². The summed E-state index contributed by atoms with van der Waals surface area (Å²) in [5, 5.41) is 4.18. The van der Waals surface area contributed by atoms with Gasteiger partial charge < -0.3 is 5.32 Å². The molecule has 0 fully saturated rings. The van der Waals surface area contributed by atoms with E-state index in [2.05, 4.69) is 22.1 Å². The molecule has 0 radical (unpaired) electrons. The van der Waals surface area contributed by atoms with Gasteiger partial charge in [0, 0.05) is 16.4 Å². The number of hydrogen-bond acceptors (Lipinski definition) is 2. The molecule has 130 valence electrons. The van der Waals surface area contributed by atoms with Gasteiger partial charge in [-0.15, -0.1) is 0 Å². The van der Waals surface area contributed by atoms with Crippen LogP contribution in [0.2, 0.25) is 5.02 Å². The molecule has 1 N–H and O–H groups in total. The standard InChI is InChI=1S/C22H19ClN2O/c1-22(2,3)11-10-15-8-9-18(19(23)12-15)21(26)25-17-13-16-6-4-5-7-20(16)24-14-17/h4-9,12-14H,1-3H3,(H,25,26). The third-order valence-corrected chi connectivity index (χ3v) is 3.96. The van der Waals surface area contributed by atoms with Gasteiger partial charge in [0.05, 0.1) is 28.0 Å². The second-order valence-electron chi connectivity index (χ2n) is 7.07. The molecule has 2 aromatic carbocycles. The van der Waals surface area contributed by atoms with Crippen LogP contribution in [0.25, 0.3) is 10.9 Å². The monoisotopic (exact) mass is 362 g/mol. The van der Waals surface area contributed by atoms with Crippen molar-refractivity contribution in [1.82, 2.24) is 4.98 Å². The first kappa shape index (κ1) is 18.0. The number of para-hydroxylation sites is 1. The molecule has 3 rings (SSSR count). The third-order valence-electron chi connectivity index (χ3n) is 3.64. The minimum absolute atomic E-state index is 0.0917. The van der Waals surface area contributed by atoms with Crippen molar-refractivity contribution < 1.29 is 4.79 Å². The smallest absolute Gasteiger partial charge is 0.257 e. The second-order valence-corrected chi connectivity index (χ2v) is 7.47. The number of halogens is 1. The zero-order valence-electron chi connectivity index (χ0n) is 14.9. The molecule has 4 heteroatoms. The Morgan fingerprint density at radius 2 is 1.88 bits per heavy atom. The summed E-state index contributed by atoms with van der Waals surface area (Å²) < 4.78 is 0. The molecule has 0 unspecified atom stereocenters. The molecule has 0 bridgehead atoms. The van der Waals surface area contributed by atoms with Gasteiger partial charge >= 0.3 is 0 Å². The maximum absolute atomic E-state index is 12.5. The Bertz CT molecular complexity index is 1040. The van der Waals surface area contributed by atoms with Gasteiger partial charge in [0.2, 0.25) is 0 Å². The van der Waals surface area contributed by atoms with Gasteiger partial charge in [-0.05, 0) is 51.1 Å². The molecule has 3 aromatic rings. The molecule has 1 heterocycles. The van der Waals surface area contributed by atoms with Crippen LogP contribution in [-0.4, -0.2) is 10.9 Å². The number of nitrogens with one attached hydrogen (secondary N) is 1. The summed E-state index contributed by atoms with van der Waals surface area (Å²) >= 11 is 6.29. The number of pyridine rings is 1. The number of carbonyl (C=O) groups is 1. The summed E-state index contributed by atoms with van der Waals surface area (Å²) in [6.07, 6.45) is 1.64. The highest BCUT2D eigenvalue weighted by Gasteiger charge is 2.12. The number of amides is 1. The van der Waals surface area contributed by atoms with E-state index in [9.17, 15) is 4.79 Å². The molecule has 0 saturated carbocycles. The van der Waals surface area contributed by atoms with Crippen LogP contribution < -0.4 is 5.32 Å². The van der Waals surface area contributed by atoms with Crippen LogP contribution in [0.15, 0.2) is 54.7 Å². The number of benzene rings is 2. The zero-order valence-corrected chi connectivity index (χ0v) is 15.7. The number of hydrogen-bond donors (Lipinski definition) is 1. The van der Waals surface area contributed by atoms with E-state index < -0.39 is 0 Å². The Kier molecular flexibility index (Phi) is 4.97. The van der Waals surface area contributed by atoms with Crippen molar-refractivity contribution >= 4 is 34.1 Å². The van der Waals surface area contributed by atoms with Crippen LogP contribution in [-0.2, 0) is 0 Å². The number of carbonyl (C=O) groups excluding carboxylic acids is 1. The van der Waals surface area contributed by atoms with Crippen LogP contribution in [0.4, 0.5) is 5.69 Å². The molecule has 0 aliphatic carbocycles. The molecule has 0 spiro atoms. The maximum Gasteiger partial charge on any atom is 0.257 e. The van der Waals surface area contributed by atoms with E-state index >= 15 is 0 Å². The van der Waals surface area contributed by atoms with Gasteiger partial charge in [0.25, 0.3) is 5.91 Å². The molecule has 26 heavy (non-hydrogen) atoms. The number of aromatic nitrogens is 1. The zero-order chi connectivity index (χ0) is 18.7. The topological polar surface area (TPSA) is 42.0 Å². The average molecular weight is 363 g/mol.